The van der Waals surface area contributed by atoms with Crippen LogP contribution >= 0.6 is 58.8 Å². The summed E-state index contributed by atoms with van der Waals surface area (Å²) >= 11 is 9.30. The van der Waals surface area contributed by atoms with E-state index in [0.29, 0.717) is 34.9 Å². The van der Waals surface area contributed by atoms with Crippen molar-refractivity contribution < 1.29 is 24.0 Å². The van der Waals surface area contributed by atoms with Crippen molar-refractivity contribution in [1.82, 2.24) is 26.6 Å². The summed E-state index contributed by atoms with van der Waals surface area (Å²) in [7, 11) is 9.70. The van der Waals surface area contributed by atoms with Crippen molar-refractivity contribution in [2.24, 2.45) is 0 Å². The van der Waals surface area contributed by atoms with E-state index in [1.165, 1.54) is 25.0 Å². The molecule has 342 valence electrons. The molecule has 0 saturated carbocycles. The number of hydrogen-bond acceptors (Lipinski definition) is 15. The molecule has 0 radical (unpaired) electrons. The first-order valence-electron chi connectivity index (χ1n) is 20.5. The summed E-state index contributed by atoms with van der Waals surface area (Å²) in [5.41, 5.74) is 0. The zero-order chi connectivity index (χ0) is 44.8. The van der Waals surface area contributed by atoms with E-state index in [-0.39, 0.29) is 16.3 Å². The van der Waals surface area contributed by atoms with Crippen LogP contribution in [0.15, 0.2) is 0 Å². The maximum atomic E-state index is 10.7. The molecule has 0 spiro atoms. The van der Waals surface area contributed by atoms with E-state index < -0.39 is 0 Å². The topological polar surface area (TPSA) is 146 Å². The second kappa shape index (κ2) is 50.3. The van der Waals surface area contributed by atoms with Gasteiger partial charge in [-0.3, -0.25) is 4.79 Å². The van der Waals surface area contributed by atoms with Gasteiger partial charge in [0.05, 0.1) is 0 Å². The normalized spacial score (nSPS) is 10.7. The van der Waals surface area contributed by atoms with Crippen molar-refractivity contribution in [1.29, 1.82) is 0 Å². The molecule has 0 saturated heterocycles. The Bertz CT molecular complexity index is 947. The van der Waals surface area contributed by atoms with Gasteiger partial charge in [0.15, 0.2) is 0 Å². The molecule has 57 heavy (non-hydrogen) atoms. The molecule has 0 heterocycles. The Morgan fingerprint density at radius 1 is 0.368 bits per heavy atom. The summed E-state index contributed by atoms with van der Waals surface area (Å²) in [6.45, 7) is 17.1. The maximum absolute atomic E-state index is 10.7. The Kier molecular flexibility index (Phi) is 58.2. The van der Waals surface area contributed by atoms with E-state index in [0.717, 1.165) is 92.3 Å². The first-order valence-corrected chi connectivity index (χ1v) is 25.9. The Balaban J connectivity index is -0.000000199. The van der Waals surface area contributed by atoms with Crippen LogP contribution in [-0.2, 0) is 24.0 Å². The summed E-state index contributed by atoms with van der Waals surface area (Å²) in [6, 6.07) is 0. The molecule has 0 aromatic heterocycles. The molecule has 0 rings (SSSR count). The van der Waals surface area contributed by atoms with Gasteiger partial charge in [-0.25, -0.2) is 0 Å². The fourth-order valence-electron chi connectivity index (χ4n) is 4.00. The smallest absolute Gasteiger partial charge is 0.130 e. The van der Waals surface area contributed by atoms with Gasteiger partial charge in [0, 0.05) is 76.7 Å². The van der Waals surface area contributed by atoms with Crippen molar-refractivity contribution in [2.45, 2.75) is 155 Å². The highest BCUT2D eigenvalue weighted by molar-refractivity contribution is 8.01. The maximum Gasteiger partial charge on any atom is 0.130 e. The second-order valence-electron chi connectivity index (χ2n) is 14.9. The van der Waals surface area contributed by atoms with Gasteiger partial charge in [0.2, 0.25) is 0 Å². The van der Waals surface area contributed by atoms with Gasteiger partial charge in [-0.2, -0.15) is 0 Å². The molecule has 15 heteroatoms. The standard InChI is InChI=1S/C11H23NOS.2C9H19NOS.C7H15NOS.C6H13NOS/c1-10(13)7-5-6-8-11(2,3)14-9-12-4;1-8(11)5-6-9(2,3)12-7-10-4;1-9(11)6-4-3-5-7-12-8-10-2;1-7(9)4-3-5-10-6-8-2;1-6(8)3-4-9-5-7-2/h12H,5-9H2,1-4H3;10H,5-7H2,1-4H3;10H,3-8H2,1-2H3;8H,3-6H2,1-2H3;7H,3-5H2,1-2H3. The molecule has 0 aromatic carbocycles. The molecule has 0 aliphatic rings. The summed E-state index contributed by atoms with van der Waals surface area (Å²) in [6.07, 6.45) is 12.5. The molecule has 0 bridgehead atoms. The van der Waals surface area contributed by atoms with E-state index >= 15 is 0 Å². The monoisotopic (exact) mass is 904 g/mol. The van der Waals surface area contributed by atoms with Crippen molar-refractivity contribution >= 4 is 87.7 Å². The van der Waals surface area contributed by atoms with Crippen LogP contribution in [0.5, 0.6) is 0 Å². The largest absolute Gasteiger partial charge is 0.311 e. The first-order chi connectivity index (χ1) is 26.8. The van der Waals surface area contributed by atoms with E-state index in [9.17, 15) is 24.0 Å². The van der Waals surface area contributed by atoms with Crippen LogP contribution < -0.4 is 26.6 Å². The number of Topliss-reactive ketones (excluding diaryl/α,β-unsaturated/α-hetero) is 5. The third-order valence-corrected chi connectivity index (χ3v) is 13.3. The molecule has 0 unspecified atom stereocenters. The highest BCUT2D eigenvalue weighted by atomic mass is 32.2. The minimum absolute atomic E-state index is 0.217. The van der Waals surface area contributed by atoms with Crippen LogP contribution in [0.25, 0.3) is 0 Å². The van der Waals surface area contributed by atoms with Gasteiger partial charge >= 0.3 is 0 Å². The summed E-state index contributed by atoms with van der Waals surface area (Å²) in [5.74, 6) is 9.62. The minimum atomic E-state index is 0.217. The van der Waals surface area contributed by atoms with E-state index in [1.807, 2.05) is 82.3 Å². The van der Waals surface area contributed by atoms with Crippen LogP contribution in [0.1, 0.15) is 146 Å². The second-order valence-corrected chi connectivity index (χ2v) is 21.6. The number of hydrogen-bond donors (Lipinski definition) is 5. The highest BCUT2D eigenvalue weighted by Crippen LogP contribution is 2.29. The number of thioether (sulfide) groups is 5. The predicted octanol–water partition coefficient (Wildman–Crippen LogP) is 9.06. The fraction of sp³-hybridized carbons (Fsp3) is 0.881. The number of unbranched alkanes of at least 4 members (excludes halogenated alkanes) is 3. The molecular formula is C42H89N5O5S5. The molecule has 0 amide bonds. The number of carbonyl (C=O) groups is 5. The molecule has 0 aromatic rings. The lowest BCUT2D eigenvalue weighted by molar-refractivity contribution is -0.118. The Labute approximate surface area is 373 Å². The number of ketones is 5. The molecule has 0 aliphatic carbocycles. The van der Waals surface area contributed by atoms with Crippen LogP contribution in [0.2, 0.25) is 0 Å². The van der Waals surface area contributed by atoms with Crippen LogP contribution in [0, 0.1) is 0 Å². The average Bonchev–Trinajstić information content (AvgIpc) is 3.13. The Hall–Kier alpha value is -0.100. The number of rotatable bonds is 33. The minimum Gasteiger partial charge on any atom is -0.311 e. The molecule has 5 N–H and O–H groups in total. The van der Waals surface area contributed by atoms with Gasteiger partial charge in [0.25, 0.3) is 0 Å². The van der Waals surface area contributed by atoms with Gasteiger partial charge in [-0.05, 0) is 120 Å². The fourth-order valence-corrected chi connectivity index (χ4v) is 7.84. The van der Waals surface area contributed by atoms with Crippen molar-refractivity contribution in [3.63, 3.8) is 0 Å². The first kappa shape index (κ1) is 66.0. The Morgan fingerprint density at radius 3 is 1.09 bits per heavy atom. The van der Waals surface area contributed by atoms with E-state index in [4.69, 9.17) is 0 Å². The van der Waals surface area contributed by atoms with Crippen LogP contribution in [0.4, 0.5) is 0 Å². The molecule has 0 fully saturated rings. The van der Waals surface area contributed by atoms with Gasteiger partial charge in [-0.1, -0.05) is 40.5 Å². The molecular weight excluding hydrogens is 815 g/mol. The lowest BCUT2D eigenvalue weighted by Gasteiger charge is -2.23. The average molecular weight is 905 g/mol. The summed E-state index contributed by atoms with van der Waals surface area (Å²) < 4.78 is 0.550. The Morgan fingerprint density at radius 2 is 0.702 bits per heavy atom. The predicted molar refractivity (Wildman–Crippen MR) is 264 cm³/mol. The summed E-state index contributed by atoms with van der Waals surface area (Å²) in [4.78, 5) is 52.9. The third-order valence-electron chi connectivity index (χ3n) is 7.32. The van der Waals surface area contributed by atoms with Crippen LogP contribution in [0.3, 0.4) is 0 Å². The van der Waals surface area contributed by atoms with Gasteiger partial charge < -0.3 is 45.8 Å². The van der Waals surface area contributed by atoms with Crippen molar-refractivity contribution in [2.75, 3.05) is 81.9 Å². The van der Waals surface area contributed by atoms with Gasteiger partial charge in [0.1, 0.15) is 28.9 Å². The van der Waals surface area contributed by atoms with Crippen molar-refractivity contribution in [3.8, 4) is 0 Å². The zero-order valence-electron chi connectivity index (χ0n) is 38.9. The lowest BCUT2D eigenvalue weighted by atomic mass is 10.0. The highest BCUT2D eigenvalue weighted by Gasteiger charge is 2.18. The number of carbonyl (C=O) groups excluding carboxylic acids is 5. The quantitative estimate of drug-likeness (QED) is 0.0315. The molecule has 0 aliphatic heterocycles. The van der Waals surface area contributed by atoms with E-state index in [2.05, 4.69) is 54.3 Å². The SMILES string of the molecule is CNCSC(C)(C)CCC(C)=O.CNCSC(C)(C)CCCCC(C)=O.CNCSCCC(C)=O.CNCSCCCC(C)=O.CNCSCCCCCC(C)=O. The summed E-state index contributed by atoms with van der Waals surface area (Å²) in [5, 5.41) is 15.3. The van der Waals surface area contributed by atoms with Gasteiger partial charge in [-0.15, -0.1) is 58.8 Å². The zero-order valence-corrected chi connectivity index (χ0v) is 43.0. The molecule has 10 nitrogen and oxygen atoms in total. The van der Waals surface area contributed by atoms with E-state index in [1.54, 1.807) is 46.4 Å². The van der Waals surface area contributed by atoms with Crippen molar-refractivity contribution in [3.05, 3.63) is 0 Å². The lowest BCUT2D eigenvalue weighted by Crippen LogP contribution is -2.20. The molecule has 0 atom stereocenters. The number of nitrogens with one attached hydrogen (secondary N) is 5. The van der Waals surface area contributed by atoms with Crippen LogP contribution in [-0.4, -0.2) is 120 Å². The third kappa shape index (κ3) is 77.1.